The maximum Gasteiger partial charge on any atom is 0.323 e. The number of pyridine rings is 1. The summed E-state index contributed by atoms with van der Waals surface area (Å²) in [7, 11) is 0. The summed E-state index contributed by atoms with van der Waals surface area (Å²) in [6.07, 6.45) is 3.13. The lowest BCUT2D eigenvalue weighted by Gasteiger charge is -2.08. The quantitative estimate of drug-likeness (QED) is 0.712. The average molecular weight is 263 g/mol. The molecule has 0 bridgehead atoms. The van der Waals surface area contributed by atoms with Gasteiger partial charge in [-0.15, -0.1) is 0 Å². The van der Waals surface area contributed by atoms with E-state index in [1.165, 1.54) is 12.3 Å². The highest BCUT2D eigenvalue weighted by molar-refractivity contribution is 5.93. The Hall–Kier alpha value is -3.20. The molecule has 0 aliphatic carbocycles. The second kappa shape index (κ2) is 4.82. The van der Waals surface area contributed by atoms with Crippen LogP contribution in [0.4, 0.5) is 5.69 Å². The molecule has 0 fully saturated rings. The van der Waals surface area contributed by atoms with Gasteiger partial charge in [0.25, 0.3) is 0 Å². The third kappa shape index (κ3) is 2.08. The second-order valence-corrected chi connectivity index (χ2v) is 3.99. The van der Waals surface area contributed by atoms with Gasteiger partial charge in [0.2, 0.25) is 0 Å². The highest BCUT2D eigenvalue weighted by Crippen LogP contribution is 2.30. The van der Waals surface area contributed by atoms with Crippen molar-refractivity contribution in [1.82, 2.24) is 15.0 Å². The Labute approximate surface area is 114 Å². The van der Waals surface area contributed by atoms with Crippen molar-refractivity contribution in [2.24, 2.45) is 0 Å². The summed E-state index contributed by atoms with van der Waals surface area (Å²) in [5.41, 5.74) is 7.34. The lowest BCUT2D eigenvalue weighted by molar-refractivity contribution is 0.446. The molecule has 6 nitrogen and oxygen atoms in total. The number of anilines is 1. The van der Waals surface area contributed by atoms with E-state index in [-0.39, 0.29) is 11.7 Å². The van der Waals surface area contributed by atoms with E-state index in [4.69, 9.17) is 15.7 Å². The fourth-order valence-corrected chi connectivity index (χ4v) is 1.81. The molecule has 2 aromatic heterocycles. The van der Waals surface area contributed by atoms with Crippen molar-refractivity contribution in [2.75, 3.05) is 5.73 Å². The van der Waals surface area contributed by atoms with E-state index >= 15 is 0 Å². The fraction of sp³-hybridized carbons (Fsp3) is 0. The number of hydrogen-bond acceptors (Lipinski definition) is 6. The highest BCUT2D eigenvalue weighted by atomic mass is 16.5. The minimum atomic E-state index is 0.110. The first-order valence-corrected chi connectivity index (χ1v) is 5.82. The third-order valence-electron chi connectivity index (χ3n) is 2.71. The molecule has 0 amide bonds. The standard InChI is InChI=1S/C14H9N5O/c15-8-9-5-7-18-14(19-9)20-12-4-3-11(16)13-10(12)2-1-6-17-13/h1-7H,16H2. The van der Waals surface area contributed by atoms with Crippen LogP contribution in [0.5, 0.6) is 11.8 Å². The SMILES string of the molecule is N#Cc1ccnc(Oc2ccc(N)c3ncccc23)n1. The van der Waals surface area contributed by atoms with E-state index < -0.39 is 0 Å². The van der Waals surface area contributed by atoms with Crippen LogP contribution in [-0.4, -0.2) is 15.0 Å². The minimum absolute atomic E-state index is 0.110. The Morgan fingerprint density at radius 3 is 2.85 bits per heavy atom. The molecule has 3 rings (SSSR count). The van der Waals surface area contributed by atoms with Crippen molar-refractivity contribution < 1.29 is 4.74 Å². The van der Waals surface area contributed by atoms with Crippen LogP contribution in [0.2, 0.25) is 0 Å². The van der Waals surface area contributed by atoms with E-state index in [0.29, 0.717) is 17.0 Å². The molecule has 0 unspecified atom stereocenters. The molecule has 0 radical (unpaired) electrons. The van der Waals surface area contributed by atoms with E-state index in [1.54, 1.807) is 24.4 Å². The van der Waals surface area contributed by atoms with Crippen LogP contribution in [-0.2, 0) is 0 Å². The summed E-state index contributed by atoms with van der Waals surface area (Å²) in [5.74, 6) is 0.539. The number of nitrogen functional groups attached to an aromatic ring is 1. The number of nitrogens with zero attached hydrogens (tertiary/aromatic N) is 4. The molecule has 0 atom stereocenters. The number of rotatable bonds is 2. The zero-order valence-corrected chi connectivity index (χ0v) is 10.3. The topological polar surface area (TPSA) is 97.7 Å². The van der Waals surface area contributed by atoms with E-state index in [9.17, 15) is 0 Å². The van der Waals surface area contributed by atoms with Gasteiger partial charge in [-0.25, -0.2) is 4.98 Å². The van der Waals surface area contributed by atoms with Crippen LogP contribution in [0.1, 0.15) is 5.69 Å². The molecule has 0 spiro atoms. The summed E-state index contributed by atoms with van der Waals surface area (Å²) >= 11 is 0. The predicted octanol–water partition coefficient (Wildman–Crippen LogP) is 2.27. The molecule has 0 saturated carbocycles. The molecule has 0 saturated heterocycles. The summed E-state index contributed by atoms with van der Waals surface area (Å²) in [6.45, 7) is 0. The zero-order valence-electron chi connectivity index (χ0n) is 10.3. The smallest absolute Gasteiger partial charge is 0.323 e. The van der Waals surface area contributed by atoms with Gasteiger partial charge in [0.1, 0.15) is 17.5 Å². The van der Waals surface area contributed by atoms with Crippen molar-refractivity contribution in [3.05, 3.63) is 48.4 Å². The number of fused-ring (bicyclic) bond motifs is 1. The van der Waals surface area contributed by atoms with Crippen LogP contribution >= 0.6 is 0 Å². The largest absolute Gasteiger partial charge is 0.424 e. The predicted molar refractivity (Wildman–Crippen MR) is 73.0 cm³/mol. The van der Waals surface area contributed by atoms with E-state index in [0.717, 1.165) is 5.39 Å². The van der Waals surface area contributed by atoms with Gasteiger partial charge >= 0.3 is 6.01 Å². The zero-order chi connectivity index (χ0) is 13.9. The highest BCUT2D eigenvalue weighted by Gasteiger charge is 2.08. The minimum Gasteiger partial charge on any atom is -0.424 e. The Morgan fingerprint density at radius 2 is 2.00 bits per heavy atom. The van der Waals surface area contributed by atoms with E-state index in [1.807, 2.05) is 12.1 Å². The third-order valence-corrected chi connectivity index (χ3v) is 2.71. The molecule has 0 aliphatic heterocycles. The van der Waals surface area contributed by atoms with Crippen molar-refractivity contribution in [3.63, 3.8) is 0 Å². The molecule has 96 valence electrons. The molecule has 2 heterocycles. The Balaban J connectivity index is 2.07. The first-order chi connectivity index (χ1) is 9.78. The molecule has 1 aromatic carbocycles. The van der Waals surface area contributed by atoms with Gasteiger partial charge in [-0.1, -0.05) is 0 Å². The van der Waals surface area contributed by atoms with Gasteiger partial charge in [-0.2, -0.15) is 10.2 Å². The van der Waals surface area contributed by atoms with Crippen LogP contribution in [0.15, 0.2) is 42.7 Å². The molecular weight excluding hydrogens is 254 g/mol. The average Bonchev–Trinajstić information content (AvgIpc) is 2.51. The fourth-order valence-electron chi connectivity index (χ4n) is 1.81. The van der Waals surface area contributed by atoms with Gasteiger partial charge in [0.05, 0.1) is 11.2 Å². The van der Waals surface area contributed by atoms with Crippen molar-refractivity contribution in [2.45, 2.75) is 0 Å². The van der Waals surface area contributed by atoms with Gasteiger partial charge in [0.15, 0.2) is 0 Å². The lowest BCUT2D eigenvalue weighted by Crippen LogP contribution is -1.96. The summed E-state index contributed by atoms with van der Waals surface area (Å²) < 4.78 is 5.62. The summed E-state index contributed by atoms with van der Waals surface area (Å²) in [6, 6.07) is 10.6. The molecule has 6 heteroatoms. The van der Waals surface area contributed by atoms with Gasteiger partial charge < -0.3 is 10.5 Å². The number of benzene rings is 1. The van der Waals surface area contributed by atoms with Gasteiger partial charge in [0, 0.05) is 17.8 Å². The summed E-state index contributed by atoms with van der Waals surface area (Å²) in [4.78, 5) is 12.2. The Morgan fingerprint density at radius 1 is 1.10 bits per heavy atom. The first kappa shape index (κ1) is 11.9. The van der Waals surface area contributed by atoms with Crippen molar-refractivity contribution in [1.29, 1.82) is 5.26 Å². The van der Waals surface area contributed by atoms with Crippen molar-refractivity contribution in [3.8, 4) is 17.8 Å². The van der Waals surface area contributed by atoms with Gasteiger partial charge in [-0.05, 0) is 30.3 Å². The lowest BCUT2D eigenvalue weighted by atomic mass is 10.2. The number of nitriles is 1. The first-order valence-electron chi connectivity index (χ1n) is 5.82. The second-order valence-electron chi connectivity index (χ2n) is 3.99. The maximum absolute atomic E-state index is 8.81. The number of ether oxygens (including phenoxy) is 1. The summed E-state index contributed by atoms with van der Waals surface area (Å²) in [5, 5.41) is 9.58. The number of hydrogen-bond donors (Lipinski definition) is 1. The molecular formula is C14H9N5O. The Kier molecular flexibility index (Phi) is 2.86. The van der Waals surface area contributed by atoms with Crippen LogP contribution in [0.25, 0.3) is 10.9 Å². The molecule has 0 aliphatic rings. The van der Waals surface area contributed by atoms with Crippen LogP contribution in [0, 0.1) is 11.3 Å². The normalized spacial score (nSPS) is 10.2. The van der Waals surface area contributed by atoms with E-state index in [2.05, 4.69) is 15.0 Å². The maximum atomic E-state index is 8.81. The molecule has 3 aromatic rings. The monoisotopic (exact) mass is 263 g/mol. The molecule has 20 heavy (non-hydrogen) atoms. The van der Waals surface area contributed by atoms with Crippen LogP contribution < -0.4 is 10.5 Å². The number of nitrogens with two attached hydrogens (primary N) is 1. The van der Waals surface area contributed by atoms with Gasteiger partial charge in [-0.3, -0.25) is 4.98 Å². The van der Waals surface area contributed by atoms with Crippen molar-refractivity contribution >= 4 is 16.6 Å². The Bertz CT molecular complexity index is 825. The van der Waals surface area contributed by atoms with Crippen LogP contribution in [0.3, 0.4) is 0 Å². The molecule has 2 N–H and O–H groups in total. The number of aromatic nitrogens is 3.